The summed E-state index contributed by atoms with van der Waals surface area (Å²) in [6.07, 6.45) is 10.1. The summed E-state index contributed by atoms with van der Waals surface area (Å²) in [5.74, 6) is 0.377. The number of carbonyl (C=O) groups excluding carboxylic acids is 1. The van der Waals surface area contributed by atoms with Crippen molar-refractivity contribution < 1.29 is 17.9 Å². The molecule has 23 heavy (non-hydrogen) atoms. The summed E-state index contributed by atoms with van der Waals surface area (Å²) in [5.41, 5.74) is -0.273. The maximum atomic E-state index is 12.5. The van der Waals surface area contributed by atoms with E-state index in [1.165, 1.54) is 6.26 Å². The predicted molar refractivity (Wildman–Crippen MR) is 87.4 cm³/mol. The summed E-state index contributed by atoms with van der Waals surface area (Å²) in [5, 5.41) is 0. The fourth-order valence-electron chi connectivity index (χ4n) is 3.99. The summed E-state index contributed by atoms with van der Waals surface area (Å²) in [7, 11) is -3.19. The van der Waals surface area contributed by atoms with Crippen LogP contribution in [-0.4, -0.2) is 56.8 Å². The lowest BCUT2D eigenvalue weighted by molar-refractivity contribution is -0.147. The van der Waals surface area contributed by atoms with E-state index < -0.39 is 10.0 Å². The van der Waals surface area contributed by atoms with Crippen molar-refractivity contribution in [2.24, 2.45) is 5.92 Å². The van der Waals surface area contributed by atoms with Gasteiger partial charge < -0.3 is 9.64 Å². The number of nitrogens with one attached hydrogen (secondary N) is 1. The van der Waals surface area contributed by atoms with Crippen LogP contribution < -0.4 is 4.72 Å². The summed E-state index contributed by atoms with van der Waals surface area (Å²) in [6, 6.07) is -0.0555. The number of allylic oxidation sites excluding steroid dienone is 2. The van der Waals surface area contributed by atoms with Crippen LogP contribution in [-0.2, 0) is 19.6 Å². The Kier molecular flexibility index (Phi) is 4.80. The van der Waals surface area contributed by atoms with Crippen LogP contribution >= 0.6 is 0 Å². The van der Waals surface area contributed by atoms with E-state index in [1.807, 2.05) is 4.90 Å². The molecule has 2 saturated heterocycles. The molecule has 2 aliphatic heterocycles. The first-order valence-electron chi connectivity index (χ1n) is 8.42. The first kappa shape index (κ1) is 16.9. The van der Waals surface area contributed by atoms with E-state index in [0.29, 0.717) is 32.5 Å². The SMILES string of the molecule is CS(=O)(=O)N[C@@H]1CCOC2(CCN(C(=O)C3CC=CC3)CC2)C1. The van der Waals surface area contributed by atoms with Gasteiger partial charge in [0, 0.05) is 31.7 Å². The van der Waals surface area contributed by atoms with Crippen molar-refractivity contribution in [3.05, 3.63) is 12.2 Å². The van der Waals surface area contributed by atoms with Gasteiger partial charge in [0.2, 0.25) is 15.9 Å². The second kappa shape index (κ2) is 6.53. The van der Waals surface area contributed by atoms with Gasteiger partial charge in [-0.15, -0.1) is 0 Å². The van der Waals surface area contributed by atoms with Gasteiger partial charge in [0.1, 0.15) is 0 Å². The molecule has 1 amide bonds. The standard InChI is InChI=1S/C16H26N2O4S/c1-23(20,21)17-14-6-11-22-16(12-14)7-9-18(10-8-16)15(19)13-4-2-3-5-13/h2-3,13-14,17H,4-12H2,1H3/t14-/m1/s1. The number of likely N-dealkylation sites (tertiary alicyclic amines) is 1. The minimum absolute atomic E-state index is 0.0555. The molecule has 0 unspecified atom stereocenters. The number of piperidine rings is 1. The molecule has 1 aliphatic carbocycles. The summed E-state index contributed by atoms with van der Waals surface area (Å²) in [4.78, 5) is 14.4. The molecule has 6 nitrogen and oxygen atoms in total. The van der Waals surface area contributed by atoms with Gasteiger partial charge >= 0.3 is 0 Å². The molecule has 130 valence electrons. The molecule has 0 aromatic rings. The molecule has 0 saturated carbocycles. The van der Waals surface area contributed by atoms with Crippen molar-refractivity contribution >= 4 is 15.9 Å². The van der Waals surface area contributed by atoms with Crippen LogP contribution in [0.15, 0.2) is 12.2 Å². The second-order valence-corrected chi connectivity index (χ2v) is 8.86. The molecule has 0 radical (unpaired) electrons. The van der Waals surface area contributed by atoms with Gasteiger partial charge in [-0.1, -0.05) is 12.2 Å². The smallest absolute Gasteiger partial charge is 0.226 e. The lowest BCUT2D eigenvalue weighted by Crippen LogP contribution is -2.54. The fourth-order valence-corrected chi connectivity index (χ4v) is 4.80. The maximum Gasteiger partial charge on any atom is 0.226 e. The summed E-state index contributed by atoms with van der Waals surface area (Å²) >= 11 is 0. The molecule has 7 heteroatoms. The Morgan fingerprint density at radius 3 is 2.52 bits per heavy atom. The molecule has 1 atom stereocenters. The maximum absolute atomic E-state index is 12.5. The van der Waals surface area contributed by atoms with Crippen molar-refractivity contribution in [3.8, 4) is 0 Å². The minimum atomic E-state index is -3.19. The number of hydrogen-bond acceptors (Lipinski definition) is 4. The Bertz CT molecular complexity index is 571. The van der Waals surface area contributed by atoms with Crippen LogP contribution in [0.4, 0.5) is 0 Å². The van der Waals surface area contributed by atoms with Crippen molar-refractivity contribution in [1.82, 2.24) is 9.62 Å². The van der Waals surface area contributed by atoms with Gasteiger partial charge in [-0.05, 0) is 38.5 Å². The van der Waals surface area contributed by atoms with E-state index >= 15 is 0 Å². The highest BCUT2D eigenvalue weighted by atomic mass is 32.2. The number of nitrogens with zero attached hydrogens (tertiary/aromatic N) is 1. The largest absolute Gasteiger partial charge is 0.375 e. The van der Waals surface area contributed by atoms with E-state index in [-0.39, 0.29) is 23.5 Å². The van der Waals surface area contributed by atoms with Crippen LogP contribution in [0.3, 0.4) is 0 Å². The highest BCUT2D eigenvalue weighted by molar-refractivity contribution is 7.88. The number of ether oxygens (including phenoxy) is 1. The Hall–Kier alpha value is -0.920. The van der Waals surface area contributed by atoms with E-state index in [4.69, 9.17) is 4.74 Å². The van der Waals surface area contributed by atoms with Crippen LogP contribution in [0, 0.1) is 5.92 Å². The molecule has 3 aliphatic rings. The predicted octanol–water partition coefficient (Wildman–Crippen LogP) is 1.04. The van der Waals surface area contributed by atoms with E-state index in [9.17, 15) is 13.2 Å². The average molecular weight is 342 g/mol. The van der Waals surface area contributed by atoms with Gasteiger partial charge in [-0.3, -0.25) is 4.79 Å². The van der Waals surface area contributed by atoms with E-state index in [1.54, 1.807) is 0 Å². The zero-order valence-corrected chi connectivity index (χ0v) is 14.5. The van der Waals surface area contributed by atoms with Crippen LogP contribution in [0.1, 0.15) is 38.5 Å². The lowest BCUT2D eigenvalue weighted by Gasteiger charge is -2.46. The molecule has 0 aromatic carbocycles. The van der Waals surface area contributed by atoms with Crippen LogP contribution in [0.2, 0.25) is 0 Å². The van der Waals surface area contributed by atoms with Gasteiger partial charge in [-0.25, -0.2) is 13.1 Å². The molecular formula is C16H26N2O4S. The third kappa shape index (κ3) is 4.14. The quantitative estimate of drug-likeness (QED) is 0.778. The van der Waals surface area contributed by atoms with Gasteiger partial charge in [-0.2, -0.15) is 0 Å². The molecule has 2 heterocycles. The molecule has 1 spiro atoms. The van der Waals surface area contributed by atoms with E-state index in [0.717, 1.165) is 25.7 Å². The highest BCUT2D eigenvalue weighted by Crippen LogP contribution is 2.36. The number of sulfonamides is 1. The Balaban J connectivity index is 1.55. The average Bonchev–Trinajstić information content (AvgIpc) is 3.00. The van der Waals surface area contributed by atoms with Crippen molar-refractivity contribution in [2.75, 3.05) is 26.0 Å². The third-order valence-electron chi connectivity index (χ3n) is 5.22. The van der Waals surface area contributed by atoms with Crippen LogP contribution in [0.25, 0.3) is 0 Å². The molecule has 0 aromatic heterocycles. The Morgan fingerprint density at radius 2 is 1.91 bits per heavy atom. The highest BCUT2D eigenvalue weighted by Gasteiger charge is 2.42. The zero-order valence-electron chi connectivity index (χ0n) is 13.7. The third-order valence-corrected chi connectivity index (χ3v) is 5.98. The molecule has 2 fully saturated rings. The van der Waals surface area contributed by atoms with Gasteiger partial charge in [0.25, 0.3) is 0 Å². The molecule has 1 N–H and O–H groups in total. The first-order valence-corrected chi connectivity index (χ1v) is 10.3. The number of amides is 1. The summed E-state index contributed by atoms with van der Waals surface area (Å²) in [6.45, 7) is 2.00. The van der Waals surface area contributed by atoms with E-state index in [2.05, 4.69) is 16.9 Å². The van der Waals surface area contributed by atoms with Gasteiger partial charge in [0.05, 0.1) is 11.9 Å². The fraction of sp³-hybridized carbons (Fsp3) is 0.812. The zero-order chi connectivity index (χ0) is 16.5. The molecular weight excluding hydrogens is 316 g/mol. The number of carbonyl (C=O) groups is 1. The number of hydrogen-bond donors (Lipinski definition) is 1. The second-order valence-electron chi connectivity index (χ2n) is 7.08. The summed E-state index contributed by atoms with van der Waals surface area (Å²) < 4.78 is 31.6. The monoisotopic (exact) mass is 342 g/mol. The Labute approximate surface area is 138 Å². The number of rotatable bonds is 3. The molecule has 3 rings (SSSR count). The van der Waals surface area contributed by atoms with Crippen molar-refractivity contribution in [2.45, 2.75) is 50.2 Å². The normalized spacial score (nSPS) is 28.4. The lowest BCUT2D eigenvalue weighted by atomic mass is 9.82. The van der Waals surface area contributed by atoms with Crippen molar-refractivity contribution in [1.29, 1.82) is 0 Å². The first-order chi connectivity index (χ1) is 10.9. The Morgan fingerprint density at radius 1 is 1.26 bits per heavy atom. The minimum Gasteiger partial charge on any atom is -0.375 e. The molecule has 0 bridgehead atoms. The van der Waals surface area contributed by atoms with Crippen LogP contribution in [0.5, 0.6) is 0 Å². The topological polar surface area (TPSA) is 75.7 Å². The van der Waals surface area contributed by atoms with Gasteiger partial charge in [0.15, 0.2) is 0 Å². The van der Waals surface area contributed by atoms with Crippen molar-refractivity contribution in [3.63, 3.8) is 0 Å².